The third-order valence-electron chi connectivity index (χ3n) is 13.1. The Morgan fingerprint density at radius 3 is 1.38 bits per heavy atom. The summed E-state index contributed by atoms with van der Waals surface area (Å²) in [5, 5.41) is 8.46. The summed E-state index contributed by atoms with van der Waals surface area (Å²) < 4.78 is 16.8. The van der Waals surface area contributed by atoms with Crippen molar-refractivity contribution in [2.24, 2.45) is 23.5 Å². The van der Waals surface area contributed by atoms with Gasteiger partial charge in [0.15, 0.2) is 17.3 Å². The number of rotatable bonds is 31. The number of hydrogen-bond acceptors (Lipinski definition) is 12. The monoisotopic (exact) mass is 1090 g/mol. The summed E-state index contributed by atoms with van der Waals surface area (Å²) >= 11 is 0. The van der Waals surface area contributed by atoms with E-state index in [1.54, 1.807) is 65.8 Å². The topological polar surface area (TPSA) is 226 Å². The number of benzene rings is 5. The molecule has 0 unspecified atom stereocenters. The molecule has 0 bridgehead atoms. The zero-order valence-corrected chi connectivity index (χ0v) is 47.2. The van der Waals surface area contributed by atoms with Gasteiger partial charge in [0.25, 0.3) is 0 Å². The molecule has 0 aromatic heterocycles. The van der Waals surface area contributed by atoms with Crippen LogP contribution in [0, 0.1) is 17.8 Å². The molecular weight excluding hydrogens is 1010 g/mol. The van der Waals surface area contributed by atoms with Gasteiger partial charge < -0.3 is 35.9 Å². The van der Waals surface area contributed by atoms with Crippen molar-refractivity contribution in [1.29, 1.82) is 0 Å². The lowest BCUT2D eigenvalue weighted by Gasteiger charge is -2.27. The molecule has 0 aliphatic carbocycles. The average Bonchev–Trinajstić information content (AvgIpc) is 3.41. The molecule has 0 fully saturated rings. The first-order valence-corrected chi connectivity index (χ1v) is 27.6. The van der Waals surface area contributed by atoms with Crippen LogP contribution in [0.4, 0.5) is 4.79 Å². The van der Waals surface area contributed by atoms with Gasteiger partial charge in [0.05, 0.1) is 30.5 Å². The van der Waals surface area contributed by atoms with Crippen molar-refractivity contribution in [3.8, 4) is 0 Å². The molecule has 15 nitrogen and oxygen atoms in total. The van der Waals surface area contributed by atoms with Gasteiger partial charge in [0.1, 0.15) is 17.8 Å². The van der Waals surface area contributed by atoms with Crippen LogP contribution in [0.1, 0.15) is 114 Å². The number of carbonyl (C=O) groups is 8. The van der Waals surface area contributed by atoms with E-state index in [9.17, 15) is 38.4 Å². The summed E-state index contributed by atoms with van der Waals surface area (Å²) in [5.41, 5.74) is 8.65. The first-order chi connectivity index (χ1) is 38.1. The van der Waals surface area contributed by atoms with Gasteiger partial charge in [0, 0.05) is 37.6 Å². The Kier molecular flexibility index (Phi) is 25.0. The van der Waals surface area contributed by atoms with Gasteiger partial charge in [-0.3, -0.25) is 33.6 Å². The van der Waals surface area contributed by atoms with E-state index in [2.05, 4.69) is 16.0 Å². The molecule has 15 heteroatoms. The molecular formula is C65H80N4O11. The molecule has 0 saturated heterocycles. The number of Topliss-reactive ketones (excluding diaryl/α,β-unsaturated/α-hetero) is 3. The quantitative estimate of drug-likeness (QED) is 0.0185. The van der Waals surface area contributed by atoms with Crippen LogP contribution in [0.3, 0.4) is 0 Å². The molecule has 5 aromatic rings. The maximum Gasteiger partial charge on any atom is 0.407 e. The van der Waals surface area contributed by atoms with Crippen molar-refractivity contribution in [1.82, 2.24) is 16.0 Å². The minimum absolute atomic E-state index is 0.00466. The number of esters is 2. The van der Waals surface area contributed by atoms with E-state index in [-0.39, 0.29) is 63.9 Å². The van der Waals surface area contributed by atoms with Crippen LogP contribution in [-0.2, 0) is 80.1 Å². The molecule has 5 rings (SSSR count). The molecule has 6 atom stereocenters. The van der Waals surface area contributed by atoms with E-state index < -0.39 is 101 Å². The summed E-state index contributed by atoms with van der Waals surface area (Å²) in [6.07, 6.45) is -0.731. The van der Waals surface area contributed by atoms with Crippen LogP contribution in [0.2, 0.25) is 0 Å². The lowest BCUT2D eigenvalue weighted by atomic mass is 9.87. The maximum atomic E-state index is 14.9. The van der Waals surface area contributed by atoms with Crippen LogP contribution < -0.4 is 21.7 Å². The molecule has 0 saturated carbocycles. The zero-order chi connectivity index (χ0) is 58.1. The normalized spacial score (nSPS) is 13.7. The molecule has 3 amide bonds. The smallest absolute Gasteiger partial charge is 0.407 e. The van der Waals surface area contributed by atoms with Crippen molar-refractivity contribution in [2.75, 3.05) is 6.54 Å². The summed E-state index contributed by atoms with van der Waals surface area (Å²) in [4.78, 5) is 113. The highest BCUT2D eigenvalue weighted by Gasteiger charge is 2.36. The number of carbonyl (C=O) groups excluding carboxylic acids is 8. The molecule has 5 N–H and O–H groups in total. The fourth-order valence-corrected chi connectivity index (χ4v) is 9.10. The number of amides is 3. The molecule has 0 spiro atoms. The van der Waals surface area contributed by atoms with Crippen LogP contribution in [0.25, 0.3) is 0 Å². The fraction of sp³-hybridized carbons (Fsp3) is 0.415. The van der Waals surface area contributed by atoms with E-state index in [0.717, 1.165) is 22.3 Å². The van der Waals surface area contributed by atoms with E-state index in [1.807, 2.05) is 127 Å². The molecule has 0 aliphatic rings. The summed E-state index contributed by atoms with van der Waals surface area (Å²) in [5.74, 6) is -7.19. The number of ketones is 3. The van der Waals surface area contributed by atoms with Crippen molar-refractivity contribution < 1.29 is 52.6 Å². The number of unbranched alkanes of at least 4 members (excludes halogenated alkanes) is 1. The van der Waals surface area contributed by atoms with Gasteiger partial charge in [-0.05, 0) is 108 Å². The van der Waals surface area contributed by atoms with Gasteiger partial charge in [-0.1, -0.05) is 158 Å². The lowest BCUT2D eigenvalue weighted by molar-refractivity contribution is -0.156. The summed E-state index contributed by atoms with van der Waals surface area (Å²) in [7, 11) is 0. The second kappa shape index (κ2) is 31.7. The fourth-order valence-electron chi connectivity index (χ4n) is 9.10. The standard InChI is InChI=1S/C65H80N4O11/c1-64(2,3)79-59(73)43-55(69-60(74)50(34-22-23-35-67-63(77)80-65(4,5)6)40-56(70)53(66)38-47-28-16-9-17-29-47)57(71)41-51(36-45-24-12-7-13-25-45)61(75)68-54(39-48-30-18-10-19-31-48)58(72)42-52(37-46-26-14-8-15-27-46)62(76)78-44-49-32-20-11-21-33-49/h7-21,24-33,50-55H,22-23,34-44,66H2,1-6H3,(H,67,77)(H,68,75)(H,69,74)/t50-,51-,52-,53+,54+,55+/m1/s1. The minimum Gasteiger partial charge on any atom is -0.461 e. The molecule has 5 aromatic carbocycles. The van der Waals surface area contributed by atoms with Crippen molar-refractivity contribution in [3.05, 3.63) is 179 Å². The average molecular weight is 1090 g/mol. The highest BCUT2D eigenvalue weighted by atomic mass is 16.6. The Labute approximate surface area is 471 Å². The second-order valence-electron chi connectivity index (χ2n) is 22.4. The molecule has 426 valence electrons. The van der Waals surface area contributed by atoms with Gasteiger partial charge in [0.2, 0.25) is 11.8 Å². The van der Waals surface area contributed by atoms with E-state index >= 15 is 0 Å². The third kappa shape index (κ3) is 23.7. The number of nitrogens with two attached hydrogens (primary N) is 1. The molecule has 0 heterocycles. The number of ether oxygens (including phenoxy) is 3. The largest absolute Gasteiger partial charge is 0.461 e. The summed E-state index contributed by atoms with van der Waals surface area (Å²) in [6.45, 7) is 10.5. The Bertz CT molecular complexity index is 2760. The van der Waals surface area contributed by atoms with Crippen molar-refractivity contribution >= 4 is 47.2 Å². The number of alkyl carbamates (subject to hydrolysis) is 1. The number of hydrogen-bond donors (Lipinski definition) is 4. The lowest BCUT2D eigenvalue weighted by Crippen LogP contribution is -2.49. The maximum absolute atomic E-state index is 14.9. The Morgan fingerprint density at radius 2 is 0.863 bits per heavy atom. The number of nitrogens with one attached hydrogen (secondary N) is 3. The predicted molar refractivity (Wildman–Crippen MR) is 307 cm³/mol. The first-order valence-electron chi connectivity index (χ1n) is 27.6. The van der Waals surface area contributed by atoms with Crippen LogP contribution in [0.5, 0.6) is 0 Å². The Hall–Kier alpha value is -7.78. The van der Waals surface area contributed by atoms with Crippen molar-refractivity contribution in [2.45, 2.75) is 148 Å². The Balaban J connectivity index is 1.42. The molecule has 80 heavy (non-hydrogen) atoms. The predicted octanol–water partition coefficient (Wildman–Crippen LogP) is 9.15. The van der Waals surface area contributed by atoms with E-state index in [4.69, 9.17) is 19.9 Å². The van der Waals surface area contributed by atoms with Gasteiger partial charge in [-0.2, -0.15) is 0 Å². The summed E-state index contributed by atoms with van der Waals surface area (Å²) in [6, 6.07) is 42.3. The molecule has 0 radical (unpaired) electrons. The van der Waals surface area contributed by atoms with Crippen LogP contribution in [-0.4, -0.2) is 83.1 Å². The SMILES string of the molecule is CC(C)(C)OC(=O)C[C@H](NC(=O)[C@H](CCCCNC(=O)OC(C)(C)C)CC(=O)[C@@H](N)Cc1ccccc1)C(=O)C[C@@H](Cc1ccccc1)C(=O)N[C@@H](Cc1ccccc1)C(=O)C[C@@H](Cc1ccccc1)C(=O)OCc1ccccc1. The van der Waals surface area contributed by atoms with Gasteiger partial charge >= 0.3 is 18.0 Å². The minimum atomic E-state index is -1.50. The Morgan fingerprint density at radius 1 is 0.450 bits per heavy atom. The highest BCUT2D eigenvalue weighted by molar-refractivity contribution is 5.98. The van der Waals surface area contributed by atoms with E-state index in [0.29, 0.717) is 18.4 Å². The van der Waals surface area contributed by atoms with Crippen LogP contribution >= 0.6 is 0 Å². The van der Waals surface area contributed by atoms with Gasteiger partial charge in [-0.15, -0.1) is 0 Å². The third-order valence-corrected chi connectivity index (χ3v) is 13.1. The van der Waals surface area contributed by atoms with Gasteiger partial charge in [-0.25, -0.2) is 4.79 Å². The van der Waals surface area contributed by atoms with Crippen LogP contribution in [0.15, 0.2) is 152 Å². The molecule has 0 aliphatic heterocycles. The zero-order valence-electron chi connectivity index (χ0n) is 47.2. The first kappa shape index (κ1) is 63.1. The van der Waals surface area contributed by atoms with Crippen molar-refractivity contribution in [3.63, 3.8) is 0 Å². The highest BCUT2D eigenvalue weighted by Crippen LogP contribution is 2.23. The second-order valence-corrected chi connectivity index (χ2v) is 22.4. The van der Waals surface area contributed by atoms with E-state index in [1.165, 1.54) is 0 Å².